The van der Waals surface area contributed by atoms with Crippen LogP contribution in [0.2, 0.25) is 5.02 Å². The zero-order valence-electron chi connectivity index (χ0n) is 9.53. The van der Waals surface area contributed by atoms with E-state index in [0.29, 0.717) is 6.20 Å². The molecule has 2 aromatic rings. The lowest BCUT2D eigenvalue weighted by Gasteiger charge is -2.09. The van der Waals surface area contributed by atoms with Crippen LogP contribution in [0.5, 0.6) is 0 Å². The Morgan fingerprint density at radius 1 is 1.42 bits per heavy atom. The van der Waals surface area contributed by atoms with Crippen LogP contribution in [0.25, 0.3) is 5.82 Å². The minimum atomic E-state index is -4.51. The molecular weight excluding hydrogens is 285 g/mol. The van der Waals surface area contributed by atoms with E-state index in [1.165, 1.54) is 0 Å². The highest BCUT2D eigenvalue weighted by atomic mass is 35.5. The number of halogens is 4. The first kappa shape index (κ1) is 13.4. The summed E-state index contributed by atoms with van der Waals surface area (Å²) >= 11 is 5.77. The molecule has 19 heavy (non-hydrogen) atoms. The maximum Gasteiger partial charge on any atom is 0.417 e. The molecule has 0 atom stereocenters. The zero-order chi connectivity index (χ0) is 14.2. The van der Waals surface area contributed by atoms with Gasteiger partial charge in [-0.1, -0.05) is 11.6 Å². The number of nitrogens with one attached hydrogen (secondary N) is 1. The van der Waals surface area contributed by atoms with Crippen molar-refractivity contribution in [1.29, 1.82) is 0 Å². The molecule has 3 N–H and O–H groups in total. The number of nitrogen functional groups attached to an aromatic ring is 1. The van der Waals surface area contributed by atoms with Crippen LogP contribution in [0.3, 0.4) is 0 Å². The van der Waals surface area contributed by atoms with Crippen LogP contribution >= 0.6 is 11.6 Å². The minimum Gasteiger partial charge on any atom is -0.368 e. The third-order valence-corrected chi connectivity index (χ3v) is 2.48. The smallest absolute Gasteiger partial charge is 0.368 e. The monoisotopic (exact) mass is 292 g/mol. The van der Waals surface area contributed by atoms with Crippen molar-refractivity contribution in [3.63, 3.8) is 0 Å². The Balaban J connectivity index is 2.49. The molecule has 2 rings (SSSR count). The molecule has 10 heteroatoms. The molecule has 0 radical (unpaired) electrons. The Labute approximate surface area is 110 Å². The largest absolute Gasteiger partial charge is 0.417 e. The number of pyridine rings is 1. The quantitative estimate of drug-likeness (QED) is 0.884. The van der Waals surface area contributed by atoms with Crippen molar-refractivity contribution < 1.29 is 13.2 Å². The SMILES string of the molecule is CNc1nc(N)n(-c2ncc(C(F)(F)F)cc2Cl)n1. The van der Waals surface area contributed by atoms with Crippen molar-refractivity contribution in [2.24, 2.45) is 0 Å². The fourth-order valence-corrected chi connectivity index (χ4v) is 1.57. The highest BCUT2D eigenvalue weighted by molar-refractivity contribution is 6.32. The second-order valence-electron chi connectivity index (χ2n) is 3.48. The number of hydrogen-bond donors (Lipinski definition) is 2. The second kappa shape index (κ2) is 4.57. The Bertz CT molecular complexity index is 608. The molecule has 2 heterocycles. The van der Waals surface area contributed by atoms with Crippen molar-refractivity contribution in [3.8, 4) is 5.82 Å². The maximum absolute atomic E-state index is 12.5. The minimum absolute atomic E-state index is 0.0267. The van der Waals surface area contributed by atoms with Gasteiger partial charge in [-0.15, -0.1) is 5.10 Å². The molecule has 6 nitrogen and oxygen atoms in total. The second-order valence-corrected chi connectivity index (χ2v) is 3.89. The molecule has 0 bridgehead atoms. The van der Waals surface area contributed by atoms with E-state index in [1.54, 1.807) is 7.05 Å². The van der Waals surface area contributed by atoms with Crippen LogP contribution in [0, 0.1) is 0 Å². The normalized spacial score (nSPS) is 11.6. The molecule has 0 saturated heterocycles. The lowest BCUT2D eigenvalue weighted by molar-refractivity contribution is -0.137. The summed E-state index contributed by atoms with van der Waals surface area (Å²) in [5, 5.41) is 6.30. The fourth-order valence-electron chi connectivity index (χ4n) is 1.33. The van der Waals surface area contributed by atoms with E-state index in [2.05, 4.69) is 20.4 Å². The number of rotatable bonds is 2. The van der Waals surface area contributed by atoms with Gasteiger partial charge in [0.25, 0.3) is 0 Å². The van der Waals surface area contributed by atoms with Crippen LogP contribution in [-0.4, -0.2) is 26.8 Å². The third kappa shape index (κ3) is 2.55. The first-order valence-electron chi connectivity index (χ1n) is 4.96. The van der Waals surface area contributed by atoms with Gasteiger partial charge < -0.3 is 11.1 Å². The van der Waals surface area contributed by atoms with Crippen LogP contribution in [0.4, 0.5) is 25.1 Å². The van der Waals surface area contributed by atoms with E-state index in [9.17, 15) is 13.2 Å². The van der Waals surface area contributed by atoms with Gasteiger partial charge in [0, 0.05) is 13.2 Å². The topological polar surface area (TPSA) is 81.6 Å². The van der Waals surface area contributed by atoms with Crippen molar-refractivity contribution >= 4 is 23.5 Å². The highest BCUT2D eigenvalue weighted by Crippen LogP contribution is 2.32. The lowest BCUT2D eigenvalue weighted by atomic mass is 10.3. The molecule has 0 saturated carbocycles. The number of anilines is 2. The average Bonchev–Trinajstić information content (AvgIpc) is 2.69. The van der Waals surface area contributed by atoms with Gasteiger partial charge >= 0.3 is 6.18 Å². The van der Waals surface area contributed by atoms with Crippen molar-refractivity contribution in [1.82, 2.24) is 19.7 Å². The van der Waals surface area contributed by atoms with Gasteiger partial charge in [0.05, 0.1) is 10.6 Å². The van der Waals surface area contributed by atoms with Gasteiger partial charge in [-0.2, -0.15) is 22.8 Å². The summed E-state index contributed by atoms with van der Waals surface area (Å²) in [6, 6.07) is 0.754. The van der Waals surface area contributed by atoms with Gasteiger partial charge in [0.15, 0.2) is 5.82 Å². The molecule has 0 spiro atoms. The van der Waals surface area contributed by atoms with Crippen LogP contribution in [0.1, 0.15) is 5.56 Å². The first-order chi connectivity index (χ1) is 8.82. The fraction of sp³-hybridized carbons (Fsp3) is 0.222. The molecular formula is C9H8ClF3N6. The van der Waals surface area contributed by atoms with Gasteiger partial charge in [0.1, 0.15) is 0 Å². The van der Waals surface area contributed by atoms with Gasteiger partial charge in [-0.3, -0.25) is 0 Å². The molecule has 0 aliphatic heterocycles. The summed E-state index contributed by atoms with van der Waals surface area (Å²) in [6.45, 7) is 0. The van der Waals surface area contributed by atoms with E-state index < -0.39 is 11.7 Å². The summed E-state index contributed by atoms with van der Waals surface area (Å²) in [5.74, 6) is 0.134. The predicted octanol–water partition coefficient (Wildman–Crippen LogP) is 1.96. The molecule has 0 aromatic carbocycles. The van der Waals surface area contributed by atoms with Crippen molar-refractivity contribution in [3.05, 3.63) is 22.8 Å². The van der Waals surface area contributed by atoms with E-state index in [4.69, 9.17) is 17.3 Å². The number of nitrogens with two attached hydrogens (primary N) is 1. The Kier molecular flexibility index (Phi) is 3.23. The van der Waals surface area contributed by atoms with E-state index in [1.807, 2.05) is 0 Å². The summed E-state index contributed by atoms with van der Waals surface area (Å²) in [7, 11) is 1.57. The maximum atomic E-state index is 12.5. The Morgan fingerprint density at radius 3 is 2.58 bits per heavy atom. The molecule has 0 unspecified atom stereocenters. The Hall–Kier alpha value is -2.03. The van der Waals surface area contributed by atoms with Crippen LogP contribution < -0.4 is 11.1 Å². The van der Waals surface area contributed by atoms with Gasteiger partial charge in [-0.25, -0.2) is 4.98 Å². The summed E-state index contributed by atoms with van der Waals surface area (Å²) < 4.78 is 38.5. The van der Waals surface area contributed by atoms with E-state index >= 15 is 0 Å². The average molecular weight is 293 g/mol. The van der Waals surface area contributed by atoms with Gasteiger partial charge in [-0.05, 0) is 6.07 Å². The van der Waals surface area contributed by atoms with E-state index in [0.717, 1.165) is 10.7 Å². The number of nitrogens with zero attached hydrogens (tertiary/aromatic N) is 4. The number of alkyl halides is 3. The molecule has 0 fully saturated rings. The first-order valence-corrected chi connectivity index (χ1v) is 5.34. The third-order valence-electron chi connectivity index (χ3n) is 2.21. The summed E-state index contributed by atoms with van der Waals surface area (Å²) in [4.78, 5) is 7.44. The lowest BCUT2D eigenvalue weighted by Crippen LogP contribution is -2.09. The van der Waals surface area contributed by atoms with Crippen molar-refractivity contribution in [2.75, 3.05) is 18.1 Å². The van der Waals surface area contributed by atoms with Crippen molar-refractivity contribution in [2.45, 2.75) is 6.18 Å². The van der Waals surface area contributed by atoms with Crippen LogP contribution in [-0.2, 0) is 6.18 Å². The molecule has 0 aliphatic carbocycles. The molecule has 0 amide bonds. The summed E-state index contributed by atoms with van der Waals surface area (Å²) in [5.41, 5.74) is 4.62. The van der Waals surface area contributed by atoms with E-state index in [-0.39, 0.29) is 22.7 Å². The van der Waals surface area contributed by atoms with Crippen LogP contribution in [0.15, 0.2) is 12.3 Å². The number of aromatic nitrogens is 4. The molecule has 0 aliphatic rings. The zero-order valence-corrected chi connectivity index (χ0v) is 10.3. The van der Waals surface area contributed by atoms with Gasteiger partial charge in [0.2, 0.25) is 11.9 Å². The molecule has 102 valence electrons. The Morgan fingerprint density at radius 2 is 2.11 bits per heavy atom. The standard InChI is InChI=1S/C9H8ClF3N6/c1-15-8-17-7(14)19(18-8)6-5(10)2-4(3-16-6)9(11,12)13/h2-3H,1H3,(H3,14,15,17,18). The number of hydrogen-bond acceptors (Lipinski definition) is 5. The molecule has 2 aromatic heterocycles. The predicted molar refractivity (Wildman–Crippen MR) is 63.1 cm³/mol. The summed E-state index contributed by atoms with van der Waals surface area (Å²) in [6.07, 6.45) is -3.86. The highest BCUT2D eigenvalue weighted by Gasteiger charge is 2.32.